The monoisotopic (exact) mass is 249 g/mol. The molecule has 0 radical (unpaired) electrons. The topological polar surface area (TPSA) is 77.8 Å². The van der Waals surface area contributed by atoms with Crippen molar-refractivity contribution in [1.29, 1.82) is 0 Å². The summed E-state index contributed by atoms with van der Waals surface area (Å²) in [6, 6.07) is -0.302. The van der Waals surface area contributed by atoms with Crippen LogP contribution in [0.4, 0.5) is 0 Å². The Hall–Kier alpha value is -0.810. The molecule has 0 bridgehead atoms. The second-order valence-electron chi connectivity index (χ2n) is 4.06. The van der Waals surface area contributed by atoms with Gasteiger partial charge in [-0.3, -0.25) is 9.59 Å². The molecule has 0 spiro atoms. The molecule has 3 atom stereocenters. The first-order valence-electron chi connectivity index (χ1n) is 5.25. The summed E-state index contributed by atoms with van der Waals surface area (Å²) in [5.74, 6) is -1.77. The van der Waals surface area contributed by atoms with Gasteiger partial charge in [0.1, 0.15) is 5.38 Å². The number of carboxylic acid groups (broad SMARTS) is 1. The summed E-state index contributed by atoms with van der Waals surface area (Å²) < 4.78 is 0. The summed E-state index contributed by atoms with van der Waals surface area (Å²) in [4.78, 5) is 24.0. The van der Waals surface area contributed by atoms with Crippen molar-refractivity contribution in [2.45, 2.75) is 31.2 Å². The van der Waals surface area contributed by atoms with Crippen LogP contribution >= 0.6 is 11.6 Å². The van der Waals surface area contributed by atoms with Crippen molar-refractivity contribution in [1.82, 2.24) is 4.90 Å². The van der Waals surface area contributed by atoms with Gasteiger partial charge in [-0.2, -0.15) is 0 Å². The number of aliphatic carboxylic acids is 1. The van der Waals surface area contributed by atoms with E-state index in [2.05, 4.69) is 0 Å². The van der Waals surface area contributed by atoms with Crippen LogP contribution in [-0.4, -0.2) is 51.6 Å². The number of halogens is 1. The van der Waals surface area contributed by atoms with Gasteiger partial charge in [0, 0.05) is 6.54 Å². The molecule has 0 aliphatic carbocycles. The first kappa shape index (κ1) is 13.3. The van der Waals surface area contributed by atoms with Gasteiger partial charge in [-0.15, -0.1) is 11.6 Å². The Balaban J connectivity index is 2.75. The van der Waals surface area contributed by atoms with Gasteiger partial charge in [-0.05, 0) is 19.8 Å². The molecule has 2 unspecified atom stereocenters. The van der Waals surface area contributed by atoms with Crippen LogP contribution in [0.2, 0.25) is 0 Å². The first-order valence-corrected chi connectivity index (χ1v) is 5.69. The van der Waals surface area contributed by atoms with Crippen LogP contribution in [0.1, 0.15) is 19.8 Å². The largest absolute Gasteiger partial charge is 0.481 e. The Bertz CT molecular complexity index is 282. The van der Waals surface area contributed by atoms with Crippen LogP contribution in [0.25, 0.3) is 0 Å². The number of carboxylic acids is 1. The van der Waals surface area contributed by atoms with Gasteiger partial charge in [0.2, 0.25) is 5.91 Å². The average Bonchev–Trinajstić information content (AvgIpc) is 2.26. The van der Waals surface area contributed by atoms with Crippen molar-refractivity contribution < 1.29 is 19.8 Å². The summed E-state index contributed by atoms with van der Waals surface area (Å²) in [7, 11) is 0. The summed E-state index contributed by atoms with van der Waals surface area (Å²) in [5.41, 5.74) is 0. The molecule has 1 saturated heterocycles. The molecule has 1 heterocycles. The number of aliphatic hydroxyl groups is 1. The van der Waals surface area contributed by atoms with Gasteiger partial charge in [0.25, 0.3) is 0 Å². The summed E-state index contributed by atoms with van der Waals surface area (Å²) in [6.45, 7) is 1.53. The van der Waals surface area contributed by atoms with Crippen LogP contribution in [0.3, 0.4) is 0 Å². The van der Waals surface area contributed by atoms with E-state index in [1.54, 1.807) is 6.92 Å². The fourth-order valence-corrected chi connectivity index (χ4v) is 2.04. The maximum Gasteiger partial charge on any atom is 0.308 e. The number of likely N-dealkylation sites (tertiary alicyclic amines) is 1. The number of hydrogen-bond donors (Lipinski definition) is 2. The van der Waals surface area contributed by atoms with Crippen molar-refractivity contribution in [3.8, 4) is 0 Å². The molecule has 1 aliphatic rings. The number of amides is 1. The van der Waals surface area contributed by atoms with Gasteiger partial charge >= 0.3 is 5.97 Å². The summed E-state index contributed by atoms with van der Waals surface area (Å²) >= 11 is 5.69. The van der Waals surface area contributed by atoms with Crippen molar-refractivity contribution in [3.63, 3.8) is 0 Å². The van der Waals surface area contributed by atoms with Gasteiger partial charge in [0.05, 0.1) is 18.6 Å². The second-order valence-corrected chi connectivity index (χ2v) is 4.71. The van der Waals surface area contributed by atoms with Crippen molar-refractivity contribution >= 4 is 23.5 Å². The molecule has 0 aromatic rings. The fourth-order valence-electron chi connectivity index (χ4n) is 1.92. The number of aliphatic hydroxyl groups excluding tert-OH is 1. The number of carbonyl (C=O) groups excluding carboxylic acids is 1. The summed E-state index contributed by atoms with van der Waals surface area (Å²) in [6.07, 6.45) is 0.990. The van der Waals surface area contributed by atoms with E-state index in [-0.39, 0.29) is 25.1 Å². The van der Waals surface area contributed by atoms with Crippen molar-refractivity contribution in [2.75, 3.05) is 13.2 Å². The highest BCUT2D eigenvalue weighted by Gasteiger charge is 2.35. The van der Waals surface area contributed by atoms with Crippen LogP contribution in [-0.2, 0) is 9.59 Å². The van der Waals surface area contributed by atoms with Gasteiger partial charge in [-0.25, -0.2) is 0 Å². The maximum atomic E-state index is 11.7. The predicted molar refractivity (Wildman–Crippen MR) is 58.3 cm³/mol. The van der Waals surface area contributed by atoms with Crippen molar-refractivity contribution in [2.24, 2.45) is 5.92 Å². The summed E-state index contributed by atoms with van der Waals surface area (Å²) in [5, 5.41) is 17.3. The Labute approximate surface area is 99.0 Å². The fraction of sp³-hybridized carbons (Fsp3) is 0.800. The third kappa shape index (κ3) is 2.86. The predicted octanol–water partition coefficient (Wildman–Crippen LogP) is 0.298. The smallest absolute Gasteiger partial charge is 0.308 e. The standard InChI is InChI=1S/C10H16ClNO4/c1-6(11)9(14)12-4-7(10(15)16)2-3-8(12)5-13/h6-8,13H,2-5H2,1H3,(H,15,16)/t6-,7?,8?/m1/s1. The highest BCUT2D eigenvalue weighted by atomic mass is 35.5. The Morgan fingerprint density at radius 3 is 2.56 bits per heavy atom. The molecule has 0 aromatic carbocycles. The quantitative estimate of drug-likeness (QED) is 0.705. The number of carbonyl (C=O) groups is 2. The second kappa shape index (κ2) is 5.50. The first-order chi connectivity index (χ1) is 7.47. The zero-order valence-corrected chi connectivity index (χ0v) is 9.85. The molecule has 1 rings (SSSR count). The number of hydrogen-bond acceptors (Lipinski definition) is 3. The molecule has 0 aromatic heterocycles. The molecule has 1 aliphatic heterocycles. The van der Waals surface area contributed by atoms with E-state index >= 15 is 0 Å². The zero-order valence-electron chi connectivity index (χ0n) is 9.10. The third-order valence-corrected chi connectivity index (χ3v) is 3.08. The van der Waals surface area contributed by atoms with Crippen molar-refractivity contribution in [3.05, 3.63) is 0 Å². The molecular formula is C10H16ClNO4. The van der Waals surface area contributed by atoms with E-state index in [1.165, 1.54) is 4.90 Å². The molecule has 5 nitrogen and oxygen atoms in total. The van der Waals surface area contributed by atoms with E-state index in [1.807, 2.05) is 0 Å². The Morgan fingerprint density at radius 1 is 1.50 bits per heavy atom. The van der Waals surface area contributed by atoms with Crippen LogP contribution in [0.15, 0.2) is 0 Å². The molecule has 2 N–H and O–H groups in total. The molecular weight excluding hydrogens is 234 g/mol. The lowest BCUT2D eigenvalue weighted by Crippen LogP contribution is -2.52. The molecule has 92 valence electrons. The number of nitrogens with zero attached hydrogens (tertiary/aromatic N) is 1. The maximum absolute atomic E-state index is 11.7. The molecule has 6 heteroatoms. The van der Waals surface area contributed by atoms with E-state index < -0.39 is 17.3 Å². The van der Waals surface area contributed by atoms with Crippen LogP contribution in [0, 0.1) is 5.92 Å². The molecule has 16 heavy (non-hydrogen) atoms. The van der Waals surface area contributed by atoms with E-state index in [0.717, 1.165) is 0 Å². The SMILES string of the molecule is C[C@@H](Cl)C(=O)N1CC(C(=O)O)CCC1CO. The number of alkyl halides is 1. The van der Waals surface area contributed by atoms with Gasteiger partial charge in [0.15, 0.2) is 0 Å². The minimum Gasteiger partial charge on any atom is -0.481 e. The Morgan fingerprint density at radius 2 is 2.12 bits per heavy atom. The molecule has 0 saturated carbocycles. The normalized spacial score (nSPS) is 27.6. The van der Waals surface area contributed by atoms with Gasteiger partial charge < -0.3 is 15.1 Å². The minimum atomic E-state index is -0.906. The Kier molecular flexibility index (Phi) is 4.56. The number of rotatable bonds is 3. The lowest BCUT2D eigenvalue weighted by Gasteiger charge is -2.38. The van der Waals surface area contributed by atoms with Gasteiger partial charge in [-0.1, -0.05) is 0 Å². The number of piperidine rings is 1. The van der Waals surface area contributed by atoms with E-state index in [9.17, 15) is 9.59 Å². The minimum absolute atomic E-state index is 0.135. The highest BCUT2D eigenvalue weighted by Crippen LogP contribution is 2.23. The third-order valence-electron chi connectivity index (χ3n) is 2.89. The van der Waals surface area contributed by atoms with Crippen LogP contribution < -0.4 is 0 Å². The van der Waals surface area contributed by atoms with Crippen LogP contribution in [0.5, 0.6) is 0 Å². The highest BCUT2D eigenvalue weighted by molar-refractivity contribution is 6.30. The molecule has 1 fully saturated rings. The molecule has 1 amide bonds. The lowest BCUT2D eigenvalue weighted by molar-refractivity contribution is -0.148. The van der Waals surface area contributed by atoms with E-state index in [0.29, 0.717) is 12.8 Å². The lowest BCUT2D eigenvalue weighted by atomic mass is 9.93. The zero-order chi connectivity index (χ0) is 12.3. The van der Waals surface area contributed by atoms with E-state index in [4.69, 9.17) is 21.8 Å². The average molecular weight is 250 g/mol.